The molecule has 0 bridgehead atoms. The molecule has 2 aromatic rings. The van der Waals surface area contributed by atoms with Crippen molar-refractivity contribution in [3.05, 3.63) is 30.5 Å². The topological polar surface area (TPSA) is 75.6 Å². The number of anilines is 1. The van der Waals surface area contributed by atoms with Crippen molar-refractivity contribution in [3.8, 4) is 0 Å². The lowest BCUT2D eigenvalue weighted by Crippen LogP contribution is -2.36. The highest BCUT2D eigenvalue weighted by atomic mass is 16.5. The van der Waals surface area contributed by atoms with Crippen molar-refractivity contribution < 1.29 is 14.6 Å². The first kappa shape index (κ1) is 12.8. The van der Waals surface area contributed by atoms with Gasteiger partial charge in [0.2, 0.25) is 0 Å². The molecular formula is C14H15N3O3. The van der Waals surface area contributed by atoms with Crippen LogP contribution in [0, 0.1) is 0 Å². The molecule has 2 heterocycles. The standard InChI is InChI=1S/C14H15N3O3/c1-20-9-6-12(14(18)19)17(8-9)13-7-15-10-4-2-3-5-11(10)16-13/h2-5,7,9,12H,6,8H2,1H3,(H,18,19). The van der Waals surface area contributed by atoms with Gasteiger partial charge in [-0.05, 0) is 12.1 Å². The van der Waals surface area contributed by atoms with Crippen molar-refractivity contribution in [1.29, 1.82) is 0 Å². The molecule has 6 heteroatoms. The fourth-order valence-corrected chi connectivity index (χ4v) is 2.54. The normalized spacial score (nSPS) is 22.4. The van der Waals surface area contributed by atoms with Gasteiger partial charge in [-0.1, -0.05) is 12.1 Å². The van der Waals surface area contributed by atoms with Gasteiger partial charge in [-0.3, -0.25) is 4.98 Å². The first-order valence-electron chi connectivity index (χ1n) is 6.43. The molecule has 1 aliphatic heterocycles. The average molecular weight is 273 g/mol. The highest BCUT2D eigenvalue weighted by molar-refractivity contribution is 5.80. The zero-order chi connectivity index (χ0) is 14.1. The summed E-state index contributed by atoms with van der Waals surface area (Å²) >= 11 is 0. The number of carbonyl (C=O) groups is 1. The Balaban J connectivity index is 1.98. The number of hydrogen-bond donors (Lipinski definition) is 1. The number of nitrogens with zero attached hydrogens (tertiary/aromatic N) is 3. The lowest BCUT2D eigenvalue weighted by molar-refractivity contribution is -0.138. The Morgan fingerprint density at radius 3 is 2.85 bits per heavy atom. The van der Waals surface area contributed by atoms with Crippen LogP contribution in [0.1, 0.15) is 6.42 Å². The molecule has 2 unspecified atom stereocenters. The van der Waals surface area contributed by atoms with E-state index < -0.39 is 12.0 Å². The van der Waals surface area contributed by atoms with Gasteiger partial charge in [0.1, 0.15) is 11.9 Å². The lowest BCUT2D eigenvalue weighted by atomic mass is 10.2. The fraction of sp³-hybridized carbons (Fsp3) is 0.357. The summed E-state index contributed by atoms with van der Waals surface area (Å²) in [6.07, 6.45) is 1.99. The number of rotatable bonds is 3. The van der Waals surface area contributed by atoms with E-state index >= 15 is 0 Å². The average Bonchev–Trinajstić information content (AvgIpc) is 2.91. The summed E-state index contributed by atoms with van der Waals surface area (Å²) in [6, 6.07) is 6.91. The first-order valence-corrected chi connectivity index (χ1v) is 6.43. The number of methoxy groups -OCH3 is 1. The van der Waals surface area contributed by atoms with Gasteiger partial charge < -0.3 is 14.7 Å². The second kappa shape index (κ2) is 5.05. The maximum Gasteiger partial charge on any atom is 0.326 e. The molecule has 2 atom stereocenters. The molecule has 0 amide bonds. The van der Waals surface area contributed by atoms with Gasteiger partial charge >= 0.3 is 5.97 Å². The molecule has 3 rings (SSSR count). The maximum atomic E-state index is 11.4. The monoisotopic (exact) mass is 273 g/mol. The van der Waals surface area contributed by atoms with Gasteiger partial charge in [-0.15, -0.1) is 0 Å². The molecule has 0 spiro atoms. The van der Waals surface area contributed by atoms with Crippen molar-refractivity contribution >= 4 is 22.8 Å². The van der Waals surface area contributed by atoms with E-state index in [-0.39, 0.29) is 6.10 Å². The maximum absolute atomic E-state index is 11.4. The summed E-state index contributed by atoms with van der Waals surface area (Å²) in [4.78, 5) is 21.9. The molecule has 1 N–H and O–H groups in total. The summed E-state index contributed by atoms with van der Waals surface area (Å²) in [6.45, 7) is 0.514. The molecular weight excluding hydrogens is 258 g/mol. The largest absolute Gasteiger partial charge is 0.480 e. The second-order valence-electron chi connectivity index (χ2n) is 4.82. The third-order valence-corrected chi connectivity index (χ3v) is 3.61. The van der Waals surface area contributed by atoms with Crippen LogP contribution < -0.4 is 4.90 Å². The first-order chi connectivity index (χ1) is 9.69. The van der Waals surface area contributed by atoms with Crippen LogP contribution in [0.25, 0.3) is 11.0 Å². The molecule has 0 saturated carbocycles. The number of benzene rings is 1. The number of ether oxygens (including phenoxy) is 1. The molecule has 0 aliphatic carbocycles. The summed E-state index contributed by atoms with van der Waals surface area (Å²) in [7, 11) is 1.60. The predicted molar refractivity (Wildman–Crippen MR) is 73.7 cm³/mol. The lowest BCUT2D eigenvalue weighted by Gasteiger charge is -2.22. The number of carboxylic acid groups (broad SMARTS) is 1. The van der Waals surface area contributed by atoms with Crippen molar-refractivity contribution in [2.75, 3.05) is 18.6 Å². The number of fused-ring (bicyclic) bond motifs is 1. The Hall–Kier alpha value is -2.21. The summed E-state index contributed by atoms with van der Waals surface area (Å²) in [5, 5.41) is 9.33. The Morgan fingerprint density at radius 1 is 1.40 bits per heavy atom. The van der Waals surface area contributed by atoms with Crippen LogP contribution in [0.5, 0.6) is 0 Å². The minimum Gasteiger partial charge on any atom is -0.480 e. The van der Waals surface area contributed by atoms with Gasteiger partial charge in [0, 0.05) is 20.1 Å². The van der Waals surface area contributed by atoms with E-state index in [1.54, 1.807) is 18.2 Å². The van der Waals surface area contributed by atoms with Gasteiger partial charge in [0.25, 0.3) is 0 Å². The number of carboxylic acids is 1. The summed E-state index contributed by atoms with van der Waals surface area (Å²) in [5.41, 5.74) is 1.56. The second-order valence-corrected chi connectivity index (χ2v) is 4.82. The van der Waals surface area contributed by atoms with Crippen LogP contribution in [-0.2, 0) is 9.53 Å². The van der Waals surface area contributed by atoms with Gasteiger partial charge in [-0.2, -0.15) is 0 Å². The molecule has 6 nitrogen and oxygen atoms in total. The molecule has 104 valence electrons. The van der Waals surface area contributed by atoms with Crippen LogP contribution >= 0.6 is 0 Å². The van der Waals surface area contributed by atoms with Crippen molar-refractivity contribution in [2.45, 2.75) is 18.6 Å². The van der Waals surface area contributed by atoms with Crippen LogP contribution in [-0.4, -0.2) is 46.8 Å². The molecule has 1 fully saturated rings. The molecule has 1 aromatic heterocycles. The van der Waals surface area contributed by atoms with Crippen molar-refractivity contribution in [2.24, 2.45) is 0 Å². The molecule has 1 saturated heterocycles. The fourth-order valence-electron chi connectivity index (χ4n) is 2.54. The zero-order valence-corrected chi connectivity index (χ0v) is 11.1. The third-order valence-electron chi connectivity index (χ3n) is 3.61. The van der Waals surface area contributed by atoms with E-state index in [2.05, 4.69) is 9.97 Å². The van der Waals surface area contributed by atoms with Gasteiger partial charge in [0.05, 0.1) is 23.3 Å². The Morgan fingerprint density at radius 2 is 2.15 bits per heavy atom. The SMILES string of the molecule is COC1CC(C(=O)O)N(c2cnc3ccccc3n2)C1. The quantitative estimate of drug-likeness (QED) is 0.908. The Kier molecular flexibility index (Phi) is 3.23. The minimum absolute atomic E-state index is 0.0932. The highest BCUT2D eigenvalue weighted by Crippen LogP contribution is 2.26. The van der Waals surface area contributed by atoms with E-state index in [0.717, 1.165) is 11.0 Å². The molecule has 0 radical (unpaired) electrons. The van der Waals surface area contributed by atoms with Gasteiger partial charge in [-0.25, -0.2) is 9.78 Å². The van der Waals surface area contributed by atoms with E-state index in [1.165, 1.54) is 0 Å². The smallest absolute Gasteiger partial charge is 0.326 e. The number of para-hydroxylation sites is 2. The van der Waals surface area contributed by atoms with E-state index in [1.807, 2.05) is 24.3 Å². The minimum atomic E-state index is -0.862. The van der Waals surface area contributed by atoms with Crippen LogP contribution in [0.2, 0.25) is 0 Å². The van der Waals surface area contributed by atoms with Crippen molar-refractivity contribution in [1.82, 2.24) is 9.97 Å². The zero-order valence-electron chi connectivity index (χ0n) is 11.1. The number of aromatic nitrogens is 2. The van der Waals surface area contributed by atoms with E-state index in [4.69, 9.17) is 4.74 Å². The van der Waals surface area contributed by atoms with Crippen LogP contribution in [0.4, 0.5) is 5.82 Å². The molecule has 20 heavy (non-hydrogen) atoms. The van der Waals surface area contributed by atoms with Crippen LogP contribution in [0.15, 0.2) is 30.5 Å². The van der Waals surface area contributed by atoms with Crippen LogP contribution in [0.3, 0.4) is 0 Å². The van der Waals surface area contributed by atoms with Crippen molar-refractivity contribution in [3.63, 3.8) is 0 Å². The molecule has 1 aromatic carbocycles. The summed E-state index contributed by atoms with van der Waals surface area (Å²) in [5.74, 6) is -0.282. The van der Waals surface area contributed by atoms with E-state index in [0.29, 0.717) is 18.8 Å². The highest BCUT2D eigenvalue weighted by Gasteiger charge is 2.37. The predicted octanol–water partition coefficient (Wildman–Crippen LogP) is 1.31. The molecule has 1 aliphatic rings. The number of aliphatic carboxylic acids is 1. The Labute approximate surface area is 116 Å². The van der Waals surface area contributed by atoms with Gasteiger partial charge in [0.15, 0.2) is 0 Å². The summed E-state index contributed by atoms with van der Waals surface area (Å²) < 4.78 is 5.28. The Bertz CT molecular complexity index is 646. The van der Waals surface area contributed by atoms with E-state index in [9.17, 15) is 9.90 Å². The third kappa shape index (κ3) is 2.18. The number of hydrogen-bond acceptors (Lipinski definition) is 5.